The van der Waals surface area contributed by atoms with Gasteiger partial charge in [0.25, 0.3) is 0 Å². The van der Waals surface area contributed by atoms with Crippen LogP contribution in [0.1, 0.15) is 17.9 Å². The van der Waals surface area contributed by atoms with E-state index in [-0.39, 0.29) is 5.92 Å². The smallest absolute Gasteiger partial charge is 0.123 e. The second-order valence-corrected chi connectivity index (χ2v) is 3.57. The fourth-order valence-corrected chi connectivity index (χ4v) is 1.77. The van der Waals surface area contributed by atoms with Gasteiger partial charge >= 0.3 is 0 Å². The summed E-state index contributed by atoms with van der Waals surface area (Å²) in [5, 5.41) is 0.784. The molecule has 1 aliphatic carbocycles. The summed E-state index contributed by atoms with van der Waals surface area (Å²) in [6.07, 6.45) is 1.99. The van der Waals surface area contributed by atoms with E-state index in [0.717, 1.165) is 23.3 Å². The number of benzene rings is 1. The van der Waals surface area contributed by atoms with E-state index in [0.29, 0.717) is 5.92 Å². The highest BCUT2D eigenvalue weighted by molar-refractivity contribution is 6.31. The molecule has 2 unspecified atom stereocenters. The van der Waals surface area contributed by atoms with E-state index in [9.17, 15) is 4.79 Å². The molecule has 2 atom stereocenters. The van der Waals surface area contributed by atoms with Crippen molar-refractivity contribution in [2.45, 2.75) is 12.3 Å². The first-order valence-electron chi connectivity index (χ1n) is 4.02. The molecule has 1 nitrogen and oxygen atoms in total. The van der Waals surface area contributed by atoms with Crippen molar-refractivity contribution in [3.63, 3.8) is 0 Å². The van der Waals surface area contributed by atoms with Crippen LogP contribution in [0, 0.1) is 5.92 Å². The lowest BCUT2D eigenvalue weighted by Crippen LogP contribution is -1.84. The number of rotatable bonds is 2. The Kier molecular flexibility index (Phi) is 1.89. The van der Waals surface area contributed by atoms with Crippen molar-refractivity contribution in [2.75, 3.05) is 0 Å². The molecule has 0 radical (unpaired) electrons. The largest absolute Gasteiger partial charge is 0.303 e. The summed E-state index contributed by atoms with van der Waals surface area (Å²) in [4.78, 5) is 10.4. The lowest BCUT2D eigenvalue weighted by Gasteiger charge is -1.99. The number of hydrogen-bond acceptors (Lipinski definition) is 1. The Morgan fingerprint density at radius 1 is 1.42 bits per heavy atom. The predicted octanol–water partition coefficient (Wildman–Crippen LogP) is 2.64. The fraction of sp³-hybridized carbons (Fsp3) is 0.300. The minimum Gasteiger partial charge on any atom is -0.303 e. The number of aldehydes is 1. The monoisotopic (exact) mass is 180 g/mol. The summed E-state index contributed by atoms with van der Waals surface area (Å²) in [5.41, 5.74) is 1.12. The molecule has 1 aliphatic rings. The van der Waals surface area contributed by atoms with Crippen molar-refractivity contribution in [1.82, 2.24) is 0 Å². The van der Waals surface area contributed by atoms with E-state index in [4.69, 9.17) is 11.6 Å². The van der Waals surface area contributed by atoms with Crippen molar-refractivity contribution in [2.24, 2.45) is 5.92 Å². The molecule has 12 heavy (non-hydrogen) atoms. The molecule has 1 aromatic rings. The number of hydrogen-bond donors (Lipinski definition) is 0. The molecule has 2 rings (SSSR count). The van der Waals surface area contributed by atoms with Crippen molar-refractivity contribution >= 4 is 17.9 Å². The van der Waals surface area contributed by atoms with Gasteiger partial charge in [-0.25, -0.2) is 0 Å². The Hall–Kier alpha value is -0.820. The van der Waals surface area contributed by atoms with Crippen LogP contribution in [0.2, 0.25) is 5.02 Å². The molecule has 0 heterocycles. The number of halogens is 1. The first-order valence-corrected chi connectivity index (χ1v) is 4.40. The predicted molar refractivity (Wildman–Crippen MR) is 48.4 cm³/mol. The van der Waals surface area contributed by atoms with Crippen molar-refractivity contribution in [3.05, 3.63) is 34.9 Å². The summed E-state index contributed by atoms with van der Waals surface area (Å²) >= 11 is 5.97. The minimum absolute atomic E-state index is 0.213. The van der Waals surface area contributed by atoms with Gasteiger partial charge in [0.05, 0.1) is 0 Å². The summed E-state index contributed by atoms with van der Waals surface area (Å²) in [6, 6.07) is 7.74. The Bertz CT molecular complexity index is 308. The van der Waals surface area contributed by atoms with Crippen molar-refractivity contribution < 1.29 is 4.79 Å². The van der Waals surface area contributed by atoms with Crippen LogP contribution in [-0.4, -0.2) is 6.29 Å². The van der Waals surface area contributed by atoms with Crippen LogP contribution in [0.4, 0.5) is 0 Å². The zero-order valence-corrected chi connectivity index (χ0v) is 7.29. The Balaban J connectivity index is 2.25. The van der Waals surface area contributed by atoms with Gasteiger partial charge in [-0.05, 0) is 24.0 Å². The third-order valence-electron chi connectivity index (χ3n) is 2.32. The third-order valence-corrected chi connectivity index (χ3v) is 2.66. The highest BCUT2D eigenvalue weighted by Crippen LogP contribution is 2.47. The van der Waals surface area contributed by atoms with E-state index < -0.39 is 0 Å². The van der Waals surface area contributed by atoms with Crippen LogP contribution in [0.5, 0.6) is 0 Å². The molecule has 2 heteroatoms. The second kappa shape index (κ2) is 2.91. The molecule has 1 fully saturated rings. The molecule has 0 bridgehead atoms. The highest BCUT2D eigenvalue weighted by Gasteiger charge is 2.38. The van der Waals surface area contributed by atoms with E-state index in [1.165, 1.54) is 0 Å². The zero-order valence-electron chi connectivity index (χ0n) is 6.53. The SMILES string of the molecule is O=CC1CC1c1ccccc1Cl. The Labute approximate surface area is 76.4 Å². The third kappa shape index (κ3) is 1.25. The number of carbonyl (C=O) groups is 1. The molecule has 0 aromatic heterocycles. The Morgan fingerprint density at radius 3 is 2.75 bits per heavy atom. The number of carbonyl (C=O) groups excluding carboxylic acids is 1. The van der Waals surface area contributed by atoms with Gasteiger partial charge in [-0.1, -0.05) is 29.8 Å². The summed E-state index contributed by atoms with van der Waals surface area (Å²) in [5.74, 6) is 0.598. The summed E-state index contributed by atoms with van der Waals surface area (Å²) in [6.45, 7) is 0. The first kappa shape index (κ1) is 7.81. The topological polar surface area (TPSA) is 17.1 Å². The molecule has 0 N–H and O–H groups in total. The van der Waals surface area contributed by atoms with Gasteiger partial charge in [0.2, 0.25) is 0 Å². The van der Waals surface area contributed by atoms with E-state index in [1.54, 1.807) is 0 Å². The molecular weight excluding hydrogens is 172 g/mol. The molecule has 0 spiro atoms. The quantitative estimate of drug-likeness (QED) is 0.640. The van der Waals surface area contributed by atoms with Gasteiger partial charge in [0.15, 0.2) is 0 Å². The molecule has 1 saturated carbocycles. The molecular formula is C10H9ClO. The summed E-state index contributed by atoms with van der Waals surface area (Å²) in [7, 11) is 0. The van der Waals surface area contributed by atoms with Crippen LogP contribution >= 0.6 is 11.6 Å². The van der Waals surface area contributed by atoms with E-state index in [2.05, 4.69) is 0 Å². The van der Waals surface area contributed by atoms with Crippen LogP contribution < -0.4 is 0 Å². The van der Waals surface area contributed by atoms with Gasteiger partial charge in [0, 0.05) is 10.9 Å². The highest BCUT2D eigenvalue weighted by atomic mass is 35.5. The maximum Gasteiger partial charge on any atom is 0.123 e. The average molecular weight is 181 g/mol. The normalized spacial score (nSPS) is 26.8. The van der Waals surface area contributed by atoms with Crippen molar-refractivity contribution in [3.8, 4) is 0 Å². The standard InChI is InChI=1S/C10H9ClO/c11-10-4-2-1-3-8(10)9-5-7(9)6-12/h1-4,6-7,9H,5H2. The molecule has 0 saturated heterocycles. The van der Waals surface area contributed by atoms with Crippen molar-refractivity contribution in [1.29, 1.82) is 0 Å². The Morgan fingerprint density at radius 2 is 2.17 bits per heavy atom. The van der Waals surface area contributed by atoms with Gasteiger partial charge < -0.3 is 4.79 Å². The lowest BCUT2D eigenvalue weighted by molar-refractivity contribution is -0.108. The van der Waals surface area contributed by atoms with Crippen LogP contribution in [0.3, 0.4) is 0 Å². The fourth-order valence-electron chi connectivity index (χ4n) is 1.50. The van der Waals surface area contributed by atoms with Gasteiger partial charge in [-0.2, -0.15) is 0 Å². The van der Waals surface area contributed by atoms with Gasteiger partial charge in [-0.3, -0.25) is 0 Å². The van der Waals surface area contributed by atoms with Crippen LogP contribution in [0.25, 0.3) is 0 Å². The molecule has 1 aromatic carbocycles. The van der Waals surface area contributed by atoms with Crippen LogP contribution in [0.15, 0.2) is 24.3 Å². The van der Waals surface area contributed by atoms with Gasteiger partial charge in [-0.15, -0.1) is 0 Å². The summed E-state index contributed by atoms with van der Waals surface area (Å²) < 4.78 is 0. The minimum atomic E-state index is 0.213. The second-order valence-electron chi connectivity index (χ2n) is 3.16. The van der Waals surface area contributed by atoms with E-state index >= 15 is 0 Å². The van der Waals surface area contributed by atoms with Gasteiger partial charge in [0.1, 0.15) is 6.29 Å². The zero-order chi connectivity index (χ0) is 8.55. The average Bonchev–Trinajstić information content (AvgIpc) is 2.84. The van der Waals surface area contributed by atoms with Crippen LogP contribution in [-0.2, 0) is 4.79 Å². The lowest BCUT2D eigenvalue weighted by atomic mass is 10.1. The van der Waals surface area contributed by atoms with E-state index in [1.807, 2.05) is 24.3 Å². The molecule has 0 amide bonds. The first-order chi connectivity index (χ1) is 5.83. The molecule has 62 valence electrons. The molecule has 0 aliphatic heterocycles. The maximum atomic E-state index is 10.4. The maximum absolute atomic E-state index is 10.4.